The molecule has 0 aliphatic heterocycles. The van der Waals surface area contributed by atoms with Crippen molar-refractivity contribution in [2.24, 2.45) is 0 Å². The Hall–Kier alpha value is -0.0900. The number of hydrogen-bond donors (Lipinski definition) is 1. The minimum absolute atomic E-state index is 0.0457. The van der Waals surface area contributed by atoms with Gasteiger partial charge in [0.25, 0.3) is 0 Å². The van der Waals surface area contributed by atoms with Crippen LogP contribution in [0.5, 0.6) is 0 Å². The second-order valence-electron chi connectivity index (χ2n) is 1.40. The average Bonchev–Trinajstić information content (AvgIpc) is 1.61. The predicted octanol–water partition coefficient (Wildman–Crippen LogP) is 0.899. The summed E-state index contributed by atoms with van der Waals surface area (Å²) >= 11 is 2.53. The largest absolute Gasteiger partial charge is 0.455 e. The quantitative estimate of drug-likeness (QED) is 0.646. The molecule has 0 fully saturated rings. The van der Waals surface area contributed by atoms with E-state index in [9.17, 15) is 4.79 Å². The molecule has 0 bridgehead atoms. The Kier molecular flexibility index (Phi) is 3.81. The summed E-state index contributed by atoms with van der Waals surface area (Å²) in [6.45, 7) is 1.58. The Bertz CT molecular complexity index is 81.4. The molecule has 0 aromatic carbocycles. The molecule has 3 nitrogen and oxygen atoms in total. The van der Waals surface area contributed by atoms with Crippen LogP contribution in [-0.2, 0) is 4.74 Å². The van der Waals surface area contributed by atoms with Gasteiger partial charge < -0.3 is 9.84 Å². The lowest BCUT2D eigenvalue weighted by Gasteiger charge is -2.00. The smallest absolute Gasteiger partial charge is 0.374 e. The molecule has 0 aromatic rings. The van der Waals surface area contributed by atoms with Gasteiger partial charge in [0, 0.05) is 15.9 Å². The lowest BCUT2D eigenvalue weighted by molar-refractivity contribution is 0.0933. The van der Waals surface area contributed by atoms with Crippen molar-refractivity contribution in [3.05, 3.63) is 0 Å². The molecule has 0 saturated carbocycles. The van der Waals surface area contributed by atoms with Crippen LogP contribution in [0.25, 0.3) is 0 Å². The Balaban J connectivity index is 3.05. The average molecular weight is 183 g/mol. The number of ether oxygens (including phenoxy) is 1. The number of rotatable bonds is 2. The third-order valence-electron chi connectivity index (χ3n) is 0.438. The molecule has 4 heteroatoms. The number of aliphatic hydroxyl groups excluding tert-OH is 1. The van der Waals surface area contributed by atoms with Gasteiger partial charge in [-0.25, -0.2) is 4.79 Å². The summed E-state index contributed by atoms with van der Waals surface area (Å²) in [5.41, 5.74) is 0. The topological polar surface area (TPSA) is 46.5 Å². The second kappa shape index (κ2) is 3.86. The maximum Gasteiger partial charge on any atom is 0.374 e. The number of hydrogen-bond acceptors (Lipinski definition) is 3. The Morgan fingerprint density at radius 2 is 2.50 bits per heavy atom. The monoisotopic (exact) mass is 182 g/mol. The Labute approximate surface area is 55.8 Å². The molecule has 0 aromatic heterocycles. The van der Waals surface area contributed by atoms with Crippen molar-refractivity contribution in [3.63, 3.8) is 0 Å². The van der Waals surface area contributed by atoms with Crippen molar-refractivity contribution in [1.82, 2.24) is 0 Å². The summed E-state index contributed by atoms with van der Waals surface area (Å²) in [6, 6.07) is 0. The summed E-state index contributed by atoms with van der Waals surface area (Å²) in [5, 5.41) is 8.50. The van der Waals surface area contributed by atoms with Gasteiger partial charge in [-0.3, -0.25) is 0 Å². The highest BCUT2D eigenvalue weighted by molar-refractivity contribution is 9.18. The van der Waals surface area contributed by atoms with Crippen LogP contribution in [0, 0.1) is 0 Å². The van der Waals surface area contributed by atoms with Gasteiger partial charge in [0.15, 0.2) is 0 Å². The van der Waals surface area contributed by atoms with E-state index in [4.69, 9.17) is 5.11 Å². The fourth-order valence-corrected chi connectivity index (χ4v) is 0.318. The minimum Gasteiger partial charge on any atom is -0.455 e. The summed E-state index contributed by atoms with van der Waals surface area (Å²) in [7, 11) is 0. The molecule has 1 unspecified atom stereocenters. The van der Waals surface area contributed by atoms with Gasteiger partial charge in [0.1, 0.15) is 6.61 Å². The first-order valence-corrected chi connectivity index (χ1v) is 2.92. The van der Waals surface area contributed by atoms with E-state index in [1.165, 1.54) is 6.92 Å². The van der Waals surface area contributed by atoms with Crippen molar-refractivity contribution in [1.29, 1.82) is 0 Å². The first kappa shape index (κ1) is 7.91. The molecular weight excluding hydrogens is 176 g/mol. The van der Waals surface area contributed by atoms with Crippen LogP contribution in [0.1, 0.15) is 6.92 Å². The molecule has 0 rings (SSSR count). The van der Waals surface area contributed by atoms with Crippen molar-refractivity contribution in [2.75, 3.05) is 6.61 Å². The summed E-state index contributed by atoms with van der Waals surface area (Å²) in [5.74, 6) is 0. The minimum atomic E-state index is -0.587. The highest BCUT2D eigenvalue weighted by Crippen LogP contribution is 1.91. The van der Waals surface area contributed by atoms with Gasteiger partial charge >= 0.3 is 4.88 Å². The molecule has 0 amide bonds. The van der Waals surface area contributed by atoms with Gasteiger partial charge in [0.05, 0.1) is 6.10 Å². The third kappa shape index (κ3) is 5.91. The molecule has 0 heterocycles. The maximum atomic E-state index is 9.93. The molecule has 0 aliphatic carbocycles. The maximum absolute atomic E-state index is 9.93. The highest BCUT2D eigenvalue weighted by Gasteiger charge is 1.97. The van der Waals surface area contributed by atoms with Gasteiger partial charge in [-0.15, -0.1) is 0 Å². The van der Waals surface area contributed by atoms with Gasteiger partial charge in [0.2, 0.25) is 0 Å². The molecule has 8 heavy (non-hydrogen) atoms. The van der Waals surface area contributed by atoms with E-state index in [0.717, 1.165) is 0 Å². The van der Waals surface area contributed by atoms with Crippen LogP contribution in [-0.4, -0.2) is 22.7 Å². The van der Waals surface area contributed by atoms with E-state index >= 15 is 0 Å². The first-order valence-electron chi connectivity index (χ1n) is 2.13. The van der Waals surface area contributed by atoms with Gasteiger partial charge in [-0.1, -0.05) is 0 Å². The first-order chi connectivity index (χ1) is 3.63. The fraction of sp³-hybridized carbons (Fsp3) is 0.750. The van der Waals surface area contributed by atoms with Crippen LogP contribution in [0.15, 0.2) is 0 Å². The summed E-state index contributed by atoms with van der Waals surface area (Å²) in [6.07, 6.45) is -0.587. The molecule has 0 aliphatic rings. The van der Waals surface area contributed by atoms with Crippen LogP contribution < -0.4 is 0 Å². The van der Waals surface area contributed by atoms with Gasteiger partial charge in [-0.05, 0) is 6.92 Å². The molecule has 0 radical (unpaired) electrons. The number of carbonyl (C=O) groups excluding carboxylic acids is 1. The zero-order valence-electron chi connectivity index (χ0n) is 4.43. The standard InChI is InChI=1S/C4H7BrO3/c1-3(6)2-8-4(5)7/h3,6H,2H2,1H3. The van der Waals surface area contributed by atoms with E-state index < -0.39 is 11.0 Å². The van der Waals surface area contributed by atoms with Crippen LogP contribution in [0.4, 0.5) is 4.79 Å². The molecular formula is C4H7BrO3. The van der Waals surface area contributed by atoms with Crippen molar-refractivity contribution in [2.45, 2.75) is 13.0 Å². The highest BCUT2D eigenvalue weighted by atomic mass is 79.9. The summed E-state index contributed by atoms with van der Waals surface area (Å²) in [4.78, 5) is 9.39. The predicted molar refractivity (Wildman–Crippen MR) is 32.0 cm³/mol. The van der Waals surface area contributed by atoms with Crippen LogP contribution >= 0.6 is 15.9 Å². The normalized spacial score (nSPS) is 12.9. The number of aliphatic hydroxyl groups is 1. The zero-order chi connectivity index (χ0) is 6.57. The van der Waals surface area contributed by atoms with Crippen molar-refractivity contribution in [3.8, 4) is 0 Å². The molecule has 0 spiro atoms. The van der Waals surface area contributed by atoms with Crippen LogP contribution in [0.2, 0.25) is 0 Å². The lowest BCUT2D eigenvalue weighted by Crippen LogP contribution is -2.10. The molecule has 0 saturated heterocycles. The Morgan fingerprint density at radius 3 is 2.62 bits per heavy atom. The SMILES string of the molecule is CC(O)COC(=O)Br. The number of carbonyl (C=O) groups is 1. The lowest BCUT2D eigenvalue weighted by atomic mass is 10.5. The fourth-order valence-electron chi connectivity index (χ4n) is 0.186. The zero-order valence-corrected chi connectivity index (χ0v) is 6.01. The van der Waals surface area contributed by atoms with Crippen molar-refractivity contribution >= 4 is 20.8 Å². The number of halogens is 1. The van der Waals surface area contributed by atoms with E-state index in [1.54, 1.807) is 0 Å². The van der Waals surface area contributed by atoms with Crippen LogP contribution in [0.3, 0.4) is 0 Å². The Morgan fingerprint density at radius 1 is 2.00 bits per heavy atom. The van der Waals surface area contributed by atoms with Gasteiger partial charge in [-0.2, -0.15) is 0 Å². The van der Waals surface area contributed by atoms with Crippen molar-refractivity contribution < 1.29 is 14.6 Å². The second-order valence-corrected chi connectivity index (χ2v) is 2.05. The molecule has 1 atom stereocenters. The van der Waals surface area contributed by atoms with E-state index in [2.05, 4.69) is 20.7 Å². The molecule has 1 N–H and O–H groups in total. The summed E-state index contributed by atoms with van der Waals surface area (Å²) < 4.78 is 4.33. The van der Waals surface area contributed by atoms with E-state index in [-0.39, 0.29) is 6.61 Å². The van der Waals surface area contributed by atoms with E-state index in [0.29, 0.717) is 0 Å². The molecule has 48 valence electrons. The van der Waals surface area contributed by atoms with E-state index in [1.807, 2.05) is 0 Å². The third-order valence-corrected chi connectivity index (χ3v) is 0.667.